The highest BCUT2D eigenvalue weighted by Gasteiger charge is 2.17. The molecule has 0 bridgehead atoms. The number of imidazole rings is 1. The maximum atomic E-state index is 13.6. The largest absolute Gasteiger partial charge is 0.336 e. The van der Waals surface area contributed by atoms with Crippen LogP contribution in [0.1, 0.15) is 10.5 Å². The molecule has 0 aliphatic rings. The molecule has 3 N–H and O–H groups in total. The highest BCUT2D eigenvalue weighted by atomic mass is 32.1. The van der Waals surface area contributed by atoms with Gasteiger partial charge in [-0.3, -0.25) is 20.2 Å². The second kappa shape index (κ2) is 6.81. The first-order valence-electron chi connectivity index (χ1n) is 7.04. The Kier molecular flexibility index (Phi) is 4.57. The normalized spacial score (nSPS) is 10.5. The number of rotatable bonds is 4. The Labute approximate surface area is 145 Å². The number of aromatic amines is 1. The molecule has 25 heavy (non-hydrogen) atoms. The van der Waals surface area contributed by atoms with Crippen molar-refractivity contribution < 1.29 is 18.0 Å². The van der Waals surface area contributed by atoms with Crippen LogP contribution < -0.4 is 10.9 Å². The third-order valence-electron chi connectivity index (χ3n) is 3.37. The lowest BCUT2D eigenvalue weighted by Crippen LogP contribution is -2.31. The van der Waals surface area contributed by atoms with Crippen molar-refractivity contribution in [2.24, 2.45) is 0 Å². The molecular formula is C16H11F3N4OS. The minimum Gasteiger partial charge on any atom is -0.336 e. The van der Waals surface area contributed by atoms with Gasteiger partial charge in [0.1, 0.15) is 5.69 Å². The molecule has 9 heteroatoms. The first-order valence-corrected chi connectivity index (χ1v) is 7.45. The predicted octanol–water partition coefficient (Wildman–Crippen LogP) is 3.71. The molecule has 0 saturated carbocycles. The highest BCUT2D eigenvalue weighted by Crippen LogP contribution is 2.19. The lowest BCUT2D eigenvalue weighted by Gasteiger charge is -2.11. The summed E-state index contributed by atoms with van der Waals surface area (Å²) in [6, 6.07) is 10.6. The number of para-hydroxylation sites is 1. The van der Waals surface area contributed by atoms with Crippen molar-refractivity contribution in [1.82, 2.24) is 15.0 Å². The molecule has 0 saturated heterocycles. The molecular weight excluding hydrogens is 353 g/mol. The number of H-pyrrole nitrogens is 1. The van der Waals surface area contributed by atoms with Gasteiger partial charge in [-0.25, -0.2) is 13.2 Å². The summed E-state index contributed by atoms with van der Waals surface area (Å²) in [6.07, 6.45) is 1.38. The molecule has 5 nitrogen and oxygen atoms in total. The average Bonchev–Trinajstić information content (AvgIpc) is 3.01. The summed E-state index contributed by atoms with van der Waals surface area (Å²) in [5.74, 6) is -5.04. The summed E-state index contributed by atoms with van der Waals surface area (Å²) in [4.78, 5) is 15.1. The Hall–Kier alpha value is -3.07. The number of nitrogens with zero attached hydrogens (tertiary/aromatic N) is 1. The number of halogens is 3. The van der Waals surface area contributed by atoms with Crippen LogP contribution in [0.5, 0.6) is 0 Å². The number of anilines is 1. The summed E-state index contributed by atoms with van der Waals surface area (Å²) in [7, 11) is 0. The van der Waals surface area contributed by atoms with E-state index in [1.807, 2.05) is 6.07 Å². The first-order chi connectivity index (χ1) is 12.0. The Morgan fingerprint density at radius 1 is 1.04 bits per heavy atom. The lowest BCUT2D eigenvalue weighted by atomic mass is 10.3. The number of amides is 1. The molecule has 0 spiro atoms. The van der Waals surface area contributed by atoms with Gasteiger partial charge in [-0.1, -0.05) is 18.2 Å². The molecule has 0 aliphatic heterocycles. The van der Waals surface area contributed by atoms with E-state index in [2.05, 4.69) is 15.8 Å². The third kappa shape index (κ3) is 3.26. The van der Waals surface area contributed by atoms with E-state index >= 15 is 0 Å². The minimum absolute atomic E-state index is 0.145. The molecule has 0 fully saturated rings. The van der Waals surface area contributed by atoms with Gasteiger partial charge in [-0.2, -0.15) is 0 Å². The van der Waals surface area contributed by atoms with Crippen LogP contribution in [0.3, 0.4) is 0 Å². The topological polar surface area (TPSA) is 61.9 Å². The Balaban J connectivity index is 1.84. The van der Waals surface area contributed by atoms with Gasteiger partial charge in [0.15, 0.2) is 22.2 Å². The third-order valence-corrected chi connectivity index (χ3v) is 3.67. The minimum atomic E-state index is -1.63. The zero-order valence-electron chi connectivity index (χ0n) is 12.5. The fourth-order valence-corrected chi connectivity index (χ4v) is 2.44. The van der Waals surface area contributed by atoms with E-state index in [0.717, 1.165) is 12.1 Å². The summed E-state index contributed by atoms with van der Waals surface area (Å²) < 4.78 is 41.5. The molecule has 2 aromatic carbocycles. The number of carbonyl (C=O) groups is 1. The van der Waals surface area contributed by atoms with Gasteiger partial charge in [0.25, 0.3) is 5.91 Å². The van der Waals surface area contributed by atoms with Gasteiger partial charge in [0, 0.05) is 11.9 Å². The van der Waals surface area contributed by atoms with Crippen molar-refractivity contribution in [3.63, 3.8) is 0 Å². The standard InChI is InChI=1S/C16H11F3N4OS/c17-10-6-7-11(14(19)13(10)18)21-22-15(24)12-8-20-16(25)23(12)9-4-2-1-3-5-9/h1-8,21H,(H,20,25)(H,22,24). The average molecular weight is 364 g/mol. The lowest BCUT2D eigenvalue weighted by molar-refractivity contribution is 0.0955. The zero-order chi connectivity index (χ0) is 18.0. The molecule has 1 heterocycles. The number of hydrogen-bond donors (Lipinski definition) is 3. The number of hydrogen-bond acceptors (Lipinski definition) is 3. The van der Waals surface area contributed by atoms with Crippen LogP contribution in [0, 0.1) is 22.2 Å². The molecule has 0 unspecified atom stereocenters. The van der Waals surface area contributed by atoms with Gasteiger partial charge >= 0.3 is 0 Å². The SMILES string of the molecule is O=C(NNc1ccc(F)c(F)c1F)c1c[nH]c(=S)n1-c1ccccc1. The van der Waals surface area contributed by atoms with Crippen LogP contribution >= 0.6 is 12.2 Å². The van der Waals surface area contributed by atoms with Crippen LogP contribution in [0.15, 0.2) is 48.7 Å². The van der Waals surface area contributed by atoms with Crippen LogP contribution in [-0.4, -0.2) is 15.5 Å². The van der Waals surface area contributed by atoms with Crippen LogP contribution in [0.4, 0.5) is 18.9 Å². The Bertz CT molecular complexity index is 985. The van der Waals surface area contributed by atoms with Gasteiger partial charge in [-0.15, -0.1) is 0 Å². The highest BCUT2D eigenvalue weighted by molar-refractivity contribution is 7.71. The fraction of sp³-hybridized carbons (Fsp3) is 0. The number of hydrazine groups is 1. The number of benzene rings is 2. The van der Waals surface area contributed by atoms with E-state index < -0.39 is 29.0 Å². The van der Waals surface area contributed by atoms with Gasteiger partial charge < -0.3 is 4.98 Å². The first kappa shape index (κ1) is 16.8. The monoisotopic (exact) mass is 364 g/mol. The van der Waals surface area contributed by atoms with E-state index in [-0.39, 0.29) is 10.5 Å². The number of nitrogens with one attached hydrogen (secondary N) is 3. The smallest absolute Gasteiger partial charge is 0.288 e. The summed E-state index contributed by atoms with van der Waals surface area (Å²) >= 11 is 5.16. The van der Waals surface area contributed by atoms with Crippen molar-refractivity contribution >= 4 is 23.8 Å². The molecule has 1 amide bonds. The van der Waals surface area contributed by atoms with Crippen molar-refractivity contribution in [1.29, 1.82) is 0 Å². The van der Waals surface area contributed by atoms with Crippen molar-refractivity contribution in [2.75, 3.05) is 5.43 Å². The van der Waals surface area contributed by atoms with Crippen LogP contribution in [0.25, 0.3) is 5.69 Å². The van der Waals surface area contributed by atoms with Gasteiger partial charge in [-0.05, 0) is 36.5 Å². The Morgan fingerprint density at radius 3 is 2.48 bits per heavy atom. The van der Waals surface area contributed by atoms with E-state index in [1.54, 1.807) is 24.3 Å². The fourth-order valence-electron chi connectivity index (χ4n) is 2.18. The van der Waals surface area contributed by atoms with E-state index in [0.29, 0.717) is 5.69 Å². The summed E-state index contributed by atoms with van der Waals surface area (Å²) in [6.45, 7) is 0. The van der Waals surface area contributed by atoms with E-state index in [1.165, 1.54) is 10.8 Å². The Morgan fingerprint density at radius 2 is 1.76 bits per heavy atom. The summed E-state index contributed by atoms with van der Waals surface area (Å²) in [5.41, 5.74) is 4.83. The molecule has 3 rings (SSSR count). The van der Waals surface area contributed by atoms with Crippen molar-refractivity contribution in [2.45, 2.75) is 0 Å². The molecule has 3 aromatic rings. The summed E-state index contributed by atoms with van der Waals surface area (Å²) in [5, 5.41) is 0. The molecule has 0 radical (unpaired) electrons. The van der Waals surface area contributed by atoms with Crippen LogP contribution in [0.2, 0.25) is 0 Å². The molecule has 0 aliphatic carbocycles. The second-order valence-electron chi connectivity index (χ2n) is 4.95. The quantitative estimate of drug-likeness (QED) is 0.376. The van der Waals surface area contributed by atoms with E-state index in [4.69, 9.17) is 12.2 Å². The second-order valence-corrected chi connectivity index (χ2v) is 5.34. The maximum absolute atomic E-state index is 13.6. The van der Waals surface area contributed by atoms with Crippen LogP contribution in [-0.2, 0) is 0 Å². The molecule has 0 atom stereocenters. The van der Waals surface area contributed by atoms with E-state index in [9.17, 15) is 18.0 Å². The van der Waals surface area contributed by atoms with Gasteiger partial charge in [0.05, 0.1) is 5.69 Å². The van der Waals surface area contributed by atoms with Gasteiger partial charge in [0.2, 0.25) is 0 Å². The maximum Gasteiger partial charge on any atom is 0.288 e. The van der Waals surface area contributed by atoms with Crippen molar-refractivity contribution in [3.8, 4) is 5.69 Å². The van der Waals surface area contributed by atoms with Crippen molar-refractivity contribution in [3.05, 3.63) is 76.6 Å². The molecule has 128 valence electrons. The number of aromatic nitrogens is 2. The molecule has 1 aromatic heterocycles. The number of carbonyl (C=O) groups excluding carboxylic acids is 1. The zero-order valence-corrected chi connectivity index (χ0v) is 13.3. The predicted molar refractivity (Wildman–Crippen MR) is 88.4 cm³/mol.